The Balaban J connectivity index is 1.70. The number of fused-ring (bicyclic) bond motifs is 1. The van der Waals surface area contributed by atoms with Crippen molar-refractivity contribution >= 4 is 0 Å². The molecule has 0 aliphatic carbocycles. The first kappa shape index (κ1) is 12.9. The summed E-state index contributed by atoms with van der Waals surface area (Å²) in [5, 5.41) is 0. The highest BCUT2D eigenvalue weighted by Crippen LogP contribution is 2.34. The van der Waals surface area contributed by atoms with Crippen LogP contribution in [0.1, 0.15) is 31.2 Å². The van der Waals surface area contributed by atoms with E-state index in [1.165, 1.54) is 18.5 Å². The van der Waals surface area contributed by atoms with Gasteiger partial charge in [-0.25, -0.2) is 0 Å². The molecule has 2 N–H and O–H groups in total. The molecule has 3 heteroatoms. The SMILES string of the molecule is CC1CC(N)CN(CC2CCOc3ccccc32)C1. The largest absolute Gasteiger partial charge is 0.493 e. The quantitative estimate of drug-likeness (QED) is 0.886. The van der Waals surface area contributed by atoms with Crippen molar-refractivity contribution in [1.29, 1.82) is 0 Å². The lowest BCUT2D eigenvalue weighted by atomic mass is 9.90. The number of hydrogen-bond donors (Lipinski definition) is 1. The van der Waals surface area contributed by atoms with Crippen LogP contribution < -0.4 is 10.5 Å². The van der Waals surface area contributed by atoms with E-state index in [2.05, 4.69) is 36.1 Å². The summed E-state index contributed by atoms with van der Waals surface area (Å²) in [5.41, 5.74) is 7.52. The van der Waals surface area contributed by atoms with Crippen LogP contribution in [0.4, 0.5) is 0 Å². The molecule has 19 heavy (non-hydrogen) atoms. The van der Waals surface area contributed by atoms with Gasteiger partial charge in [0.05, 0.1) is 6.61 Å². The number of piperidine rings is 1. The standard InChI is InChI=1S/C16H24N2O/c1-12-8-14(17)11-18(9-12)10-13-6-7-19-16-5-3-2-4-15(13)16/h2-5,12-14H,6-11,17H2,1H3. The van der Waals surface area contributed by atoms with Crippen LogP contribution in [0.15, 0.2) is 24.3 Å². The van der Waals surface area contributed by atoms with E-state index in [-0.39, 0.29) is 0 Å². The molecule has 104 valence electrons. The molecule has 1 saturated heterocycles. The number of ether oxygens (including phenoxy) is 1. The van der Waals surface area contributed by atoms with Gasteiger partial charge in [-0.2, -0.15) is 0 Å². The zero-order chi connectivity index (χ0) is 13.2. The Morgan fingerprint density at radius 3 is 3.00 bits per heavy atom. The topological polar surface area (TPSA) is 38.5 Å². The van der Waals surface area contributed by atoms with Crippen LogP contribution in [-0.2, 0) is 0 Å². The summed E-state index contributed by atoms with van der Waals surface area (Å²) < 4.78 is 5.74. The lowest BCUT2D eigenvalue weighted by Gasteiger charge is -2.38. The van der Waals surface area contributed by atoms with Crippen molar-refractivity contribution in [3.05, 3.63) is 29.8 Å². The highest BCUT2D eigenvalue weighted by atomic mass is 16.5. The summed E-state index contributed by atoms with van der Waals surface area (Å²) in [5.74, 6) is 2.40. The minimum Gasteiger partial charge on any atom is -0.493 e. The fourth-order valence-electron chi connectivity index (χ4n) is 3.58. The average molecular weight is 260 g/mol. The lowest BCUT2D eigenvalue weighted by Crippen LogP contribution is -2.47. The fraction of sp³-hybridized carbons (Fsp3) is 0.625. The molecule has 3 atom stereocenters. The van der Waals surface area contributed by atoms with Gasteiger partial charge in [0, 0.05) is 31.6 Å². The van der Waals surface area contributed by atoms with E-state index < -0.39 is 0 Å². The molecule has 0 spiro atoms. The predicted octanol–water partition coefficient (Wildman–Crippen LogP) is 2.22. The van der Waals surface area contributed by atoms with Crippen LogP contribution in [0.5, 0.6) is 5.75 Å². The van der Waals surface area contributed by atoms with Crippen molar-refractivity contribution in [3.63, 3.8) is 0 Å². The van der Waals surface area contributed by atoms with Crippen LogP contribution in [0, 0.1) is 5.92 Å². The number of nitrogens with zero attached hydrogens (tertiary/aromatic N) is 1. The molecule has 3 rings (SSSR count). The van der Waals surface area contributed by atoms with Gasteiger partial charge in [-0.05, 0) is 30.4 Å². The number of nitrogens with two attached hydrogens (primary N) is 1. The molecule has 0 amide bonds. The highest BCUT2D eigenvalue weighted by Gasteiger charge is 2.27. The Kier molecular flexibility index (Phi) is 3.76. The molecule has 3 nitrogen and oxygen atoms in total. The van der Waals surface area contributed by atoms with Crippen LogP contribution in [0.2, 0.25) is 0 Å². The molecular weight excluding hydrogens is 236 g/mol. The maximum atomic E-state index is 6.15. The van der Waals surface area contributed by atoms with Crippen molar-refractivity contribution in [2.75, 3.05) is 26.2 Å². The third kappa shape index (κ3) is 2.93. The number of hydrogen-bond acceptors (Lipinski definition) is 3. The maximum Gasteiger partial charge on any atom is 0.122 e. The monoisotopic (exact) mass is 260 g/mol. The first-order valence-corrected chi connectivity index (χ1v) is 7.42. The van der Waals surface area contributed by atoms with E-state index in [4.69, 9.17) is 10.5 Å². The first-order valence-electron chi connectivity index (χ1n) is 7.42. The highest BCUT2D eigenvalue weighted by molar-refractivity contribution is 5.37. The van der Waals surface area contributed by atoms with Crippen molar-refractivity contribution in [1.82, 2.24) is 4.90 Å². The second kappa shape index (κ2) is 5.51. The maximum absolute atomic E-state index is 6.15. The van der Waals surface area contributed by atoms with Gasteiger partial charge >= 0.3 is 0 Å². The Bertz CT molecular complexity index is 425. The van der Waals surface area contributed by atoms with Crippen LogP contribution in [-0.4, -0.2) is 37.2 Å². The molecule has 0 bridgehead atoms. The molecule has 2 heterocycles. The molecular formula is C16H24N2O. The van der Waals surface area contributed by atoms with Gasteiger partial charge in [0.1, 0.15) is 5.75 Å². The van der Waals surface area contributed by atoms with Gasteiger partial charge in [0.25, 0.3) is 0 Å². The van der Waals surface area contributed by atoms with Gasteiger partial charge in [0.15, 0.2) is 0 Å². The fourth-order valence-corrected chi connectivity index (χ4v) is 3.58. The Morgan fingerprint density at radius 2 is 2.16 bits per heavy atom. The predicted molar refractivity (Wildman–Crippen MR) is 77.5 cm³/mol. The third-order valence-corrected chi connectivity index (χ3v) is 4.33. The number of benzene rings is 1. The van der Waals surface area contributed by atoms with Gasteiger partial charge in [-0.3, -0.25) is 0 Å². The number of rotatable bonds is 2. The number of likely N-dealkylation sites (tertiary alicyclic amines) is 1. The first-order chi connectivity index (χ1) is 9.22. The summed E-state index contributed by atoms with van der Waals surface area (Å²) in [7, 11) is 0. The van der Waals surface area contributed by atoms with Crippen molar-refractivity contribution in [2.24, 2.45) is 11.7 Å². The zero-order valence-corrected chi connectivity index (χ0v) is 11.7. The Morgan fingerprint density at radius 1 is 1.32 bits per heavy atom. The summed E-state index contributed by atoms with van der Waals surface area (Å²) in [4.78, 5) is 2.55. The zero-order valence-electron chi connectivity index (χ0n) is 11.7. The van der Waals surface area contributed by atoms with Crippen LogP contribution in [0.25, 0.3) is 0 Å². The molecule has 0 aromatic heterocycles. The van der Waals surface area contributed by atoms with E-state index in [1.54, 1.807) is 0 Å². The molecule has 2 aliphatic heterocycles. The minimum absolute atomic E-state index is 0.346. The molecule has 1 aromatic rings. The molecule has 0 radical (unpaired) electrons. The average Bonchev–Trinajstić information content (AvgIpc) is 2.38. The third-order valence-electron chi connectivity index (χ3n) is 4.33. The summed E-state index contributed by atoms with van der Waals surface area (Å²) in [6, 6.07) is 8.82. The van der Waals surface area contributed by atoms with E-state index >= 15 is 0 Å². The van der Waals surface area contributed by atoms with Gasteiger partial charge in [-0.15, -0.1) is 0 Å². The van der Waals surface area contributed by atoms with E-state index in [9.17, 15) is 0 Å². The second-order valence-corrected chi connectivity index (χ2v) is 6.19. The van der Waals surface area contributed by atoms with Gasteiger partial charge < -0.3 is 15.4 Å². The molecule has 3 unspecified atom stereocenters. The van der Waals surface area contributed by atoms with Crippen LogP contribution in [0.3, 0.4) is 0 Å². The molecule has 0 saturated carbocycles. The van der Waals surface area contributed by atoms with E-state index in [0.717, 1.165) is 37.8 Å². The molecule has 2 aliphatic rings. The van der Waals surface area contributed by atoms with Gasteiger partial charge in [0.2, 0.25) is 0 Å². The summed E-state index contributed by atoms with van der Waals surface area (Å²) in [6.45, 7) is 6.51. The lowest BCUT2D eigenvalue weighted by molar-refractivity contribution is 0.144. The number of para-hydroxylation sites is 1. The van der Waals surface area contributed by atoms with E-state index in [0.29, 0.717) is 12.0 Å². The molecule has 1 fully saturated rings. The van der Waals surface area contributed by atoms with Crippen molar-refractivity contribution < 1.29 is 4.74 Å². The molecule has 1 aromatic carbocycles. The van der Waals surface area contributed by atoms with Gasteiger partial charge in [-0.1, -0.05) is 25.1 Å². The smallest absolute Gasteiger partial charge is 0.122 e. The van der Waals surface area contributed by atoms with Crippen molar-refractivity contribution in [2.45, 2.75) is 31.7 Å². The normalized spacial score (nSPS) is 31.6. The Hall–Kier alpha value is -1.06. The van der Waals surface area contributed by atoms with Crippen LogP contribution >= 0.6 is 0 Å². The summed E-state index contributed by atoms with van der Waals surface area (Å²) in [6.07, 6.45) is 2.29. The minimum atomic E-state index is 0.346. The summed E-state index contributed by atoms with van der Waals surface area (Å²) >= 11 is 0. The van der Waals surface area contributed by atoms with Crippen molar-refractivity contribution in [3.8, 4) is 5.75 Å². The Labute approximate surface area is 115 Å². The second-order valence-electron chi connectivity index (χ2n) is 6.19. The van der Waals surface area contributed by atoms with E-state index in [1.807, 2.05) is 0 Å².